The van der Waals surface area contributed by atoms with Gasteiger partial charge < -0.3 is 33.6 Å². The van der Waals surface area contributed by atoms with Crippen LogP contribution in [-0.4, -0.2) is 91.4 Å². The Morgan fingerprint density at radius 1 is 1.00 bits per heavy atom. The standard InChI is InChI=1S/C37H43Cl2N5O5/c1-3-47-20-19-44-32-8-5-4-7-31(32)40-36(44)42-14-6-13-41(17-18-42)15-11-37(28-9-10-29(38)30(39)23-28)12-16-43(25-37)35(45)26-21-27-24-48-49-34(27)33(22-26)46-2/h4-5,7-10,21-23H,3,6,11-20,24-25H2,1-2H3. The number of anilines is 1. The van der Waals surface area contributed by atoms with E-state index in [-0.39, 0.29) is 17.9 Å². The number of nitrogens with zero attached hydrogens (tertiary/aromatic N) is 5. The van der Waals surface area contributed by atoms with Crippen LogP contribution in [0.15, 0.2) is 54.6 Å². The van der Waals surface area contributed by atoms with Gasteiger partial charge >= 0.3 is 0 Å². The highest BCUT2D eigenvalue weighted by molar-refractivity contribution is 6.42. The first-order valence-corrected chi connectivity index (χ1v) is 17.9. The number of benzene rings is 3. The zero-order valence-corrected chi connectivity index (χ0v) is 29.6. The Morgan fingerprint density at radius 3 is 2.71 bits per heavy atom. The minimum Gasteiger partial charge on any atom is -0.493 e. The lowest BCUT2D eigenvalue weighted by Crippen LogP contribution is -2.39. The van der Waals surface area contributed by atoms with Crippen LogP contribution < -0.4 is 14.5 Å². The lowest BCUT2D eigenvalue weighted by molar-refractivity contribution is -0.195. The molecular formula is C37H43Cl2N5O5. The minimum absolute atomic E-state index is 0.0347. The number of rotatable bonds is 11. The molecule has 3 aliphatic heterocycles. The predicted molar refractivity (Wildman–Crippen MR) is 191 cm³/mol. The number of methoxy groups -OCH3 is 1. The number of carbonyl (C=O) groups excluding carboxylic acids is 1. The maximum Gasteiger partial charge on any atom is 0.254 e. The van der Waals surface area contributed by atoms with Gasteiger partial charge in [-0.25, -0.2) is 4.98 Å². The predicted octanol–water partition coefficient (Wildman–Crippen LogP) is 6.60. The zero-order chi connectivity index (χ0) is 34.0. The van der Waals surface area contributed by atoms with E-state index in [9.17, 15) is 4.79 Å². The first kappa shape index (κ1) is 33.9. The summed E-state index contributed by atoms with van der Waals surface area (Å²) in [5.74, 6) is 2.01. The molecule has 2 saturated heterocycles. The lowest BCUT2D eigenvalue weighted by atomic mass is 9.76. The lowest BCUT2D eigenvalue weighted by Gasteiger charge is -2.33. The fourth-order valence-corrected chi connectivity index (χ4v) is 7.82. The number of para-hydroxylation sites is 2. The van der Waals surface area contributed by atoms with Crippen molar-refractivity contribution in [1.29, 1.82) is 0 Å². The molecule has 3 aliphatic rings. The van der Waals surface area contributed by atoms with E-state index < -0.39 is 0 Å². The van der Waals surface area contributed by atoms with Crippen molar-refractivity contribution < 1.29 is 24.0 Å². The fourth-order valence-electron chi connectivity index (χ4n) is 7.52. The molecule has 4 heterocycles. The number of imidazole rings is 1. The van der Waals surface area contributed by atoms with Gasteiger partial charge in [0.15, 0.2) is 5.75 Å². The molecule has 1 amide bonds. The third-order valence-electron chi connectivity index (χ3n) is 10.2. The van der Waals surface area contributed by atoms with Crippen LogP contribution in [0, 0.1) is 0 Å². The van der Waals surface area contributed by atoms with E-state index in [2.05, 4.69) is 38.6 Å². The van der Waals surface area contributed by atoms with Gasteiger partial charge in [-0.15, -0.1) is 0 Å². The quantitative estimate of drug-likeness (QED) is 0.128. The molecule has 0 radical (unpaired) electrons. The van der Waals surface area contributed by atoms with E-state index in [0.29, 0.717) is 53.4 Å². The molecule has 3 aromatic carbocycles. The van der Waals surface area contributed by atoms with Gasteiger partial charge in [-0.2, -0.15) is 4.89 Å². The van der Waals surface area contributed by atoms with E-state index in [0.717, 1.165) is 86.6 Å². The Bertz CT molecular complexity index is 1820. The van der Waals surface area contributed by atoms with Crippen molar-refractivity contribution >= 4 is 46.1 Å². The molecule has 1 unspecified atom stereocenters. The second kappa shape index (κ2) is 14.7. The van der Waals surface area contributed by atoms with Crippen molar-refractivity contribution in [2.45, 2.75) is 44.8 Å². The maximum absolute atomic E-state index is 14.0. The van der Waals surface area contributed by atoms with Gasteiger partial charge in [-0.05, 0) is 81.2 Å². The van der Waals surface area contributed by atoms with Crippen molar-refractivity contribution in [3.05, 3.63) is 81.3 Å². The van der Waals surface area contributed by atoms with Crippen LogP contribution in [0.5, 0.6) is 11.5 Å². The highest BCUT2D eigenvalue weighted by Gasteiger charge is 2.42. The summed E-state index contributed by atoms with van der Waals surface area (Å²) in [6.07, 6.45) is 2.75. The van der Waals surface area contributed by atoms with Gasteiger partial charge in [0.25, 0.3) is 5.91 Å². The fraction of sp³-hybridized carbons (Fsp3) is 0.459. The summed E-state index contributed by atoms with van der Waals surface area (Å²) in [5.41, 5.74) is 4.37. The van der Waals surface area contributed by atoms with Crippen LogP contribution in [0.3, 0.4) is 0 Å². The zero-order valence-electron chi connectivity index (χ0n) is 28.1. The van der Waals surface area contributed by atoms with E-state index in [4.69, 9.17) is 47.4 Å². The Labute approximate surface area is 297 Å². The average molecular weight is 709 g/mol. The first-order valence-electron chi connectivity index (χ1n) is 17.1. The molecule has 0 saturated carbocycles. The molecular weight excluding hydrogens is 665 g/mol. The Morgan fingerprint density at radius 2 is 1.88 bits per heavy atom. The van der Waals surface area contributed by atoms with Gasteiger partial charge in [-0.3, -0.25) is 4.79 Å². The van der Waals surface area contributed by atoms with Crippen LogP contribution in [0.25, 0.3) is 11.0 Å². The number of hydrogen-bond acceptors (Lipinski definition) is 8. The van der Waals surface area contributed by atoms with Crippen molar-refractivity contribution in [3.63, 3.8) is 0 Å². The summed E-state index contributed by atoms with van der Waals surface area (Å²) < 4.78 is 13.5. The Kier molecular flexibility index (Phi) is 10.2. The molecule has 0 aliphatic carbocycles. The topological polar surface area (TPSA) is 81.5 Å². The number of aromatic nitrogens is 2. The second-order valence-electron chi connectivity index (χ2n) is 13.1. The number of ether oxygens (including phenoxy) is 2. The molecule has 7 rings (SSSR count). The molecule has 12 heteroatoms. The number of amides is 1. The van der Waals surface area contributed by atoms with Crippen molar-refractivity contribution in [1.82, 2.24) is 19.4 Å². The number of fused-ring (bicyclic) bond motifs is 2. The van der Waals surface area contributed by atoms with E-state index in [1.807, 2.05) is 36.1 Å². The molecule has 0 bridgehead atoms. The normalized spacial score (nSPS) is 19.7. The molecule has 1 aromatic heterocycles. The minimum atomic E-state index is -0.268. The third kappa shape index (κ3) is 6.94. The molecule has 260 valence electrons. The smallest absolute Gasteiger partial charge is 0.254 e. The second-order valence-corrected chi connectivity index (χ2v) is 13.9. The summed E-state index contributed by atoms with van der Waals surface area (Å²) in [4.78, 5) is 36.4. The van der Waals surface area contributed by atoms with Gasteiger partial charge in [-0.1, -0.05) is 41.4 Å². The molecule has 1 atom stereocenters. The number of likely N-dealkylation sites (tertiary alicyclic amines) is 1. The Hall–Kier alpha value is -3.54. The maximum atomic E-state index is 14.0. The highest BCUT2D eigenvalue weighted by Crippen LogP contribution is 2.42. The largest absolute Gasteiger partial charge is 0.493 e. The van der Waals surface area contributed by atoms with Gasteiger partial charge in [0.1, 0.15) is 6.61 Å². The van der Waals surface area contributed by atoms with Crippen molar-refractivity contribution in [2.75, 3.05) is 71.0 Å². The van der Waals surface area contributed by atoms with Gasteiger partial charge in [0, 0.05) is 62.4 Å². The first-order chi connectivity index (χ1) is 23.9. The van der Waals surface area contributed by atoms with Crippen LogP contribution in [-0.2, 0) is 28.2 Å². The third-order valence-corrected chi connectivity index (χ3v) is 10.9. The van der Waals surface area contributed by atoms with Crippen LogP contribution >= 0.6 is 23.2 Å². The van der Waals surface area contributed by atoms with Crippen molar-refractivity contribution in [2.24, 2.45) is 0 Å². The SMILES string of the molecule is CCOCCn1c(N2CCCN(CCC3(c4ccc(Cl)c(Cl)c4)CCN(C(=O)c4cc5c(c(OC)c4)OOC5)C3)CC2)nc2ccccc21. The summed E-state index contributed by atoms with van der Waals surface area (Å²) >= 11 is 12.9. The molecule has 0 spiro atoms. The van der Waals surface area contributed by atoms with E-state index in [1.54, 1.807) is 13.2 Å². The molecule has 2 fully saturated rings. The van der Waals surface area contributed by atoms with Crippen LogP contribution in [0.4, 0.5) is 5.95 Å². The average Bonchev–Trinajstić information content (AvgIpc) is 3.82. The van der Waals surface area contributed by atoms with Crippen molar-refractivity contribution in [3.8, 4) is 11.5 Å². The number of hydrogen-bond donors (Lipinski definition) is 0. The van der Waals surface area contributed by atoms with E-state index >= 15 is 0 Å². The molecule has 0 N–H and O–H groups in total. The molecule has 10 nitrogen and oxygen atoms in total. The van der Waals surface area contributed by atoms with Gasteiger partial charge in [0.2, 0.25) is 11.7 Å². The molecule has 49 heavy (non-hydrogen) atoms. The summed E-state index contributed by atoms with van der Waals surface area (Å²) in [6, 6.07) is 17.9. The van der Waals surface area contributed by atoms with E-state index in [1.165, 1.54) is 0 Å². The highest BCUT2D eigenvalue weighted by atomic mass is 35.5. The summed E-state index contributed by atoms with van der Waals surface area (Å²) in [6.45, 7) is 10.3. The monoisotopic (exact) mass is 707 g/mol. The Balaban J connectivity index is 1.08. The number of halogens is 2. The summed E-state index contributed by atoms with van der Waals surface area (Å²) in [5, 5.41) is 1.06. The van der Waals surface area contributed by atoms with Crippen LogP contribution in [0.1, 0.15) is 47.7 Å². The molecule has 4 aromatic rings. The number of carbonyl (C=O) groups is 1. The van der Waals surface area contributed by atoms with Crippen LogP contribution in [0.2, 0.25) is 10.0 Å². The van der Waals surface area contributed by atoms with Gasteiger partial charge in [0.05, 0.1) is 34.8 Å². The summed E-state index contributed by atoms with van der Waals surface area (Å²) in [7, 11) is 1.57.